The summed E-state index contributed by atoms with van der Waals surface area (Å²) >= 11 is 3.24. The third kappa shape index (κ3) is 4.37. The highest BCUT2D eigenvalue weighted by Crippen LogP contribution is 2.32. The van der Waals surface area contributed by atoms with Gasteiger partial charge in [-0.05, 0) is 24.6 Å². The number of aromatic nitrogens is 2. The lowest BCUT2D eigenvalue weighted by molar-refractivity contribution is -0.384. The predicted octanol–water partition coefficient (Wildman–Crippen LogP) is 4.52. The highest BCUT2D eigenvalue weighted by atomic mass is 79.9. The standard InChI is InChI=1S/C19H17BrN4O4/c1-2-28-19(25)15-11-21-23(12-13-6-4-3-5-7-13)18(15)22-16-9-8-14(20)10-17(16)24(26)27/h3-11,22H,2,12H2,1H3. The highest BCUT2D eigenvalue weighted by Gasteiger charge is 2.22. The van der Waals surface area contributed by atoms with Gasteiger partial charge in [0.05, 0.1) is 24.3 Å². The van der Waals surface area contributed by atoms with E-state index in [-0.39, 0.29) is 23.5 Å². The summed E-state index contributed by atoms with van der Waals surface area (Å²) in [5.74, 6) is -0.225. The molecule has 1 N–H and O–H groups in total. The van der Waals surface area contributed by atoms with Gasteiger partial charge in [-0.1, -0.05) is 46.3 Å². The number of hydrogen-bond acceptors (Lipinski definition) is 6. The van der Waals surface area contributed by atoms with Crippen LogP contribution in [0.5, 0.6) is 0 Å². The molecule has 9 heteroatoms. The predicted molar refractivity (Wildman–Crippen MR) is 108 cm³/mol. The lowest BCUT2D eigenvalue weighted by atomic mass is 10.2. The van der Waals surface area contributed by atoms with Crippen molar-refractivity contribution in [3.8, 4) is 0 Å². The van der Waals surface area contributed by atoms with E-state index in [0.717, 1.165) is 5.56 Å². The summed E-state index contributed by atoms with van der Waals surface area (Å²) in [6.07, 6.45) is 1.40. The van der Waals surface area contributed by atoms with E-state index in [2.05, 4.69) is 26.3 Å². The zero-order chi connectivity index (χ0) is 20.1. The van der Waals surface area contributed by atoms with Crippen LogP contribution in [0.4, 0.5) is 17.2 Å². The number of nitro benzene ring substituents is 1. The summed E-state index contributed by atoms with van der Waals surface area (Å²) in [6, 6.07) is 14.2. The third-order valence-corrected chi connectivity index (χ3v) is 4.41. The molecule has 0 amide bonds. The summed E-state index contributed by atoms with van der Waals surface area (Å²) in [6.45, 7) is 2.30. The van der Waals surface area contributed by atoms with Gasteiger partial charge in [0, 0.05) is 10.5 Å². The lowest BCUT2D eigenvalue weighted by Crippen LogP contribution is -2.11. The second kappa shape index (κ2) is 8.66. The number of carbonyl (C=O) groups excluding carboxylic acids is 1. The van der Waals surface area contributed by atoms with Crippen molar-refractivity contribution in [3.63, 3.8) is 0 Å². The Bertz CT molecular complexity index is 1000. The summed E-state index contributed by atoms with van der Waals surface area (Å²) < 4.78 is 7.25. The van der Waals surface area contributed by atoms with E-state index in [9.17, 15) is 14.9 Å². The molecule has 3 aromatic rings. The van der Waals surface area contributed by atoms with Gasteiger partial charge in [-0.25, -0.2) is 9.48 Å². The number of rotatable bonds is 7. The van der Waals surface area contributed by atoms with Crippen LogP contribution in [0.25, 0.3) is 0 Å². The minimum absolute atomic E-state index is 0.128. The number of halogens is 1. The first kappa shape index (κ1) is 19.6. The van der Waals surface area contributed by atoms with Crippen molar-refractivity contribution in [3.05, 3.63) is 80.4 Å². The van der Waals surface area contributed by atoms with Gasteiger partial charge in [-0.3, -0.25) is 10.1 Å². The first-order valence-electron chi connectivity index (χ1n) is 8.47. The number of carbonyl (C=O) groups is 1. The Morgan fingerprint density at radius 3 is 2.71 bits per heavy atom. The summed E-state index contributed by atoms with van der Waals surface area (Å²) in [7, 11) is 0. The number of nitrogens with one attached hydrogen (secondary N) is 1. The number of hydrogen-bond donors (Lipinski definition) is 1. The van der Waals surface area contributed by atoms with E-state index in [1.165, 1.54) is 12.3 Å². The van der Waals surface area contributed by atoms with Gasteiger partial charge in [-0.15, -0.1) is 0 Å². The summed E-state index contributed by atoms with van der Waals surface area (Å²) in [5.41, 5.74) is 1.29. The average molecular weight is 445 g/mol. The molecule has 0 radical (unpaired) electrons. The molecule has 1 heterocycles. The van der Waals surface area contributed by atoms with Crippen LogP contribution in [-0.4, -0.2) is 27.3 Å². The summed E-state index contributed by atoms with van der Waals surface area (Å²) in [4.78, 5) is 23.3. The van der Waals surface area contributed by atoms with Crippen molar-refractivity contribution in [1.82, 2.24) is 9.78 Å². The molecule has 0 bridgehead atoms. The van der Waals surface area contributed by atoms with Crippen LogP contribution in [0.1, 0.15) is 22.8 Å². The highest BCUT2D eigenvalue weighted by molar-refractivity contribution is 9.10. The fourth-order valence-corrected chi connectivity index (χ4v) is 2.99. The molecule has 2 aromatic carbocycles. The maximum atomic E-state index is 12.3. The van der Waals surface area contributed by atoms with E-state index in [4.69, 9.17) is 4.74 Å². The molecule has 144 valence electrons. The van der Waals surface area contributed by atoms with E-state index >= 15 is 0 Å². The van der Waals surface area contributed by atoms with Crippen molar-refractivity contribution >= 4 is 39.1 Å². The molecule has 0 aliphatic heterocycles. The van der Waals surface area contributed by atoms with Crippen molar-refractivity contribution in [2.45, 2.75) is 13.5 Å². The van der Waals surface area contributed by atoms with Crippen LogP contribution in [0.2, 0.25) is 0 Å². The minimum atomic E-state index is -0.552. The van der Waals surface area contributed by atoms with Gasteiger partial charge in [0.2, 0.25) is 0 Å². The quantitative estimate of drug-likeness (QED) is 0.326. The molecule has 0 atom stereocenters. The monoisotopic (exact) mass is 444 g/mol. The molecule has 1 aromatic heterocycles. The van der Waals surface area contributed by atoms with Crippen LogP contribution in [0.3, 0.4) is 0 Å². The molecule has 3 rings (SSSR count). The van der Waals surface area contributed by atoms with Gasteiger partial charge in [0.15, 0.2) is 0 Å². The van der Waals surface area contributed by atoms with E-state index in [1.54, 1.807) is 23.7 Å². The lowest BCUT2D eigenvalue weighted by Gasteiger charge is -2.12. The Morgan fingerprint density at radius 1 is 1.29 bits per heavy atom. The summed E-state index contributed by atoms with van der Waals surface area (Å²) in [5, 5.41) is 18.7. The number of ether oxygens (including phenoxy) is 1. The molecule has 0 unspecified atom stereocenters. The van der Waals surface area contributed by atoms with Crippen LogP contribution >= 0.6 is 15.9 Å². The Balaban J connectivity index is 2.03. The Labute approximate surface area is 169 Å². The minimum Gasteiger partial charge on any atom is -0.462 e. The Morgan fingerprint density at radius 2 is 2.04 bits per heavy atom. The molecular formula is C19H17BrN4O4. The number of nitro groups is 1. The Hall–Kier alpha value is -3.20. The molecule has 0 spiro atoms. The third-order valence-electron chi connectivity index (χ3n) is 3.92. The zero-order valence-electron chi connectivity index (χ0n) is 15.0. The van der Waals surface area contributed by atoms with Gasteiger partial charge >= 0.3 is 5.97 Å². The number of benzene rings is 2. The Kier molecular flexibility index (Phi) is 6.05. The van der Waals surface area contributed by atoms with E-state index in [1.807, 2.05) is 30.3 Å². The SMILES string of the molecule is CCOC(=O)c1cnn(Cc2ccccc2)c1Nc1ccc(Br)cc1[N+](=O)[O-]. The second-order valence-corrected chi connectivity index (χ2v) is 6.73. The zero-order valence-corrected chi connectivity index (χ0v) is 16.5. The smallest absolute Gasteiger partial charge is 0.343 e. The molecule has 0 saturated heterocycles. The fourth-order valence-electron chi connectivity index (χ4n) is 2.64. The maximum Gasteiger partial charge on any atom is 0.343 e. The largest absolute Gasteiger partial charge is 0.462 e. The molecule has 8 nitrogen and oxygen atoms in total. The normalized spacial score (nSPS) is 10.5. The van der Waals surface area contributed by atoms with Gasteiger partial charge < -0.3 is 10.1 Å². The van der Waals surface area contributed by atoms with Crippen LogP contribution in [-0.2, 0) is 11.3 Å². The van der Waals surface area contributed by atoms with Gasteiger partial charge in [-0.2, -0.15) is 5.10 Å². The van der Waals surface area contributed by atoms with Gasteiger partial charge in [0.25, 0.3) is 5.69 Å². The molecule has 0 aliphatic carbocycles. The van der Waals surface area contributed by atoms with Crippen molar-refractivity contribution in [2.75, 3.05) is 11.9 Å². The molecule has 0 fully saturated rings. The first-order chi connectivity index (χ1) is 13.5. The van der Waals surface area contributed by atoms with Crippen LogP contribution in [0.15, 0.2) is 59.2 Å². The van der Waals surface area contributed by atoms with E-state index < -0.39 is 10.9 Å². The van der Waals surface area contributed by atoms with Gasteiger partial charge in [0.1, 0.15) is 17.1 Å². The molecule has 0 saturated carbocycles. The second-order valence-electron chi connectivity index (χ2n) is 5.81. The van der Waals surface area contributed by atoms with Crippen LogP contribution < -0.4 is 5.32 Å². The van der Waals surface area contributed by atoms with Crippen molar-refractivity contribution < 1.29 is 14.5 Å². The van der Waals surface area contributed by atoms with E-state index in [0.29, 0.717) is 16.8 Å². The molecule has 0 aliphatic rings. The fraction of sp³-hybridized carbons (Fsp3) is 0.158. The topological polar surface area (TPSA) is 99.3 Å². The average Bonchev–Trinajstić information content (AvgIpc) is 3.06. The van der Waals surface area contributed by atoms with Crippen LogP contribution in [0, 0.1) is 10.1 Å². The molecular weight excluding hydrogens is 428 g/mol. The number of esters is 1. The van der Waals surface area contributed by atoms with Crippen molar-refractivity contribution in [1.29, 1.82) is 0 Å². The maximum absolute atomic E-state index is 12.3. The number of anilines is 2. The first-order valence-corrected chi connectivity index (χ1v) is 9.26. The number of nitrogens with zero attached hydrogens (tertiary/aromatic N) is 3. The van der Waals surface area contributed by atoms with Crippen molar-refractivity contribution in [2.24, 2.45) is 0 Å². The molecule has 28 heavy (non-hydrogen) atoms.